The molecule has 1 fully saturated rings. The number of anilines is 1. The molecule has 0 bridgehead atoms. The first-order valence-corrected chi connectivity index (χ1v) is 9.27. The van der Waals surface area contributed by atoms with Crippen molar-refractivity contribution in [3.63, 3.8) is 0 Å². The van der Waals surface area contributed by atoms with Crippen LogP contribution in [0.25, 0.3) is 0 Å². The van der Waals surface area contributed by atoms with E-state index < -0.39 is 41.0 Å². The van der Waals surface area contributed by atoms with Crippen LogP contribution in [0.2, 0.25) is 0 Å². The van der Waals surface area contributed by atoms with Gasteiger partial charge in [-0.25, -0.2) is 0 Å². The van der Waals surface area contributed by atoms with Crippen LogP contribution in [0.4, 0.5) is 5.69 Å². The Morgan fingerprint density at radius 2 is 1.59 bits per heavy atom. The number of phenolic OH excluding ortho intramolecular Hbond substituents is 5. The van der Waals surface area contributed by atoms with E-state index in [-0.39, 0.29) is 28.3 Å². The van der Waals surface area contributed by atoms with Gasteiger partial charge in [-0.05, 0) is 25.3 Å². The van der Waals surface area contributed by atoms with Gasteiger partial charge >= 0.3 is 0 Å². The zero-order valence-electron chi connectivity index (χ0n) is 15.4. The lowest BCUT2D eigenvalue weighted by Crippen LogP contribution is -2.38. The van der Waals surface area contributed by atoms with Crippen LogP contribution in [-0.4, -0.2) is 55.6 Å². The Morgan fingerprint density at radius 3 is 2.28 bits per heavy atom. The van der Waals surface area contributed by atoms with Gasteiger partial charge in [-0.3, -0.25) is 4.79 Å². The second kappa shape index (κ2) is 6.93. The summed E-state index contributed by atoms with van der Waals surface area (Å²) in [6, 6.07) is 3.23. The lowest BCUT2D eigenvalue weighted by atomic mass is 9.90. The van der Waals surface area contributed by atoms with E-state index in [1.165, 1.54) is 0 Å². The van der Waals surface area contributed by atoms with E-state index in [0.29, 0.717) is 13.1 Å². The second-order valence-electron chi connectivity index (χ2n) is 7.26. The summed E-state index contributed by atoms with van der Waals surface area (Å²) >= 11 is 0. The van der Waals surface area contributed by atoms with E-state index in [2.05, 4.69) is 0 Å². The van der Waals surface area contributed by atoms with Crippen molar-refractivity contribution in [1.29, 1.82) is 0 Å². The molecule has 0 aliphatic carbocycles. The molecule has 2 aromatic carbocycles. The molecule has 0 aromatic heterocycles. The number of piperidine rings is 1. The quantitative estimate of drug-likeness (QED) is 0.413. The number of phenols is 5. The molecular formula is C20H21NO8. The molecule has 0 amide bonds. The Hall–Kier alpha value is -3.33. The summed E-state index contributed by atoms with van der Waals surface area (Å²) in [5.74, 6) is -3.75. The first-order valence-electron chi connectivity index (χ1n) is 9.27. The molecule has 6 N–H and O–H groups in total. The number of hydrogen-bond acceptors (Lipinski definition) is 9. The van der Waals surface area contributed by atoms with Crippen molar-refractivity contribution in [3.8, 4) is 34.5 Å². The number of nitrogens with zero attached hydrogens (tertiary/aromatic N) is 1. The van der Waals surface area contributed by atoms with Gasteiger partial charge < -0.3 is 40.3 Å². The van der Waals surface area contributed by atoms with Gasteiger partial charge in [-0.15, -0.1) is 0 Å². The minimum absolute atomic E-state index is 0.106. The van der Waals surface area contributed by atoms with Crippen LogP contribution in [-0.2, 0) is 0 Å². The first kappa shape index (κ1) is 19.0. The smallest absolute Gasteiger partial charge is 0.202 e. The Bertz CT molecular complexity index is 983. The summed E-state index contributed by atoms with van der Waals surface area (Å²) in [4.78, 5) is 14.5. The monoisotopic (exact) mass is 403 g/mol. The highest BCUT2D eigenvalue weighted by molar-refractivity contribution is 6.05. The normalized spacial score (nSPS) is 21.6. The molecule has 0 radical (unpaired) electrons. The molecule has 0 spiro atoms. The maximum Gasteiger partial charge on any atom is 0.202 e. The van der Waals surface area contributed by atoms with Gasteiger partial charge in [-0.1, -0.05) is 0 Å². The van der Waals surface area contributed by atoms with Gasteiger partial charge in [0.1, 0.15) is 22.8 Å². The molecule has 0 saturated carbocycles. The van der Waals surface area contributed by atoms with E-state index in [9.17, 15) is 35.4 Å². The highest BCUT2D eigenvalue weighted by Crippen LogP contribution is 2.50. The number of carbonyl (C=O) groups excluding carboxylic acids is 1. The highest BCUT2D eigenvalue weighted by Gasteiger charge is 2.42. The topological polar surface area (TPSA) is 151 Å². The van der Waals surface area contributed by atoms with Crippen molar-refractivity contribution in [2.45, 2.75) is 31.5 Å². The first-order chi connectivity index (χ1) is 13.8. The van der Waals surface area contributed by atoms with Gasteiger partial charge in [0.05, 0.1) is 5.69 Å². The average Bonchev–Trinajstić information content (AvgIpc) is 2.68. The van der Waals surface area contributed by atoms with E-state index in [0.717, 1.165) is 37.5 Å². The number of ether oxygens (including phenoxy) is 1. The number of rotatable bonds is 2. The molecule has 2 aromatic rings. The number of carbonyl (C=O) groups is 1. The molecule has 9 heteroatoms. The SMILES string of the molecule is O=C1c2c(O)cc(O)cc2O[C@H](c2cc(O)c(O)c(O)c2N2CCCCC2)[C@H]1O. The second-order valence-corrected chi connectivity index (χ2v) is 7.26. The number of fused-ring (bicyclic) bond motifs is 1. The molecule has 2 aliphatic rings. The number of benzene rings is 2. The third-order valence-corrected chi connectivity index (χ3v) is 5.36. The fraction of sp³-hybridized carbons (Fsp3) is 0.350. The number of aliphatic hydroxyl groups excluding tert-OH is 1. The van der Waals surface area contributed by atoms with Crippen molar-refractivity contribution >= 4 is 11.5 Å². The largest absolute Gasteiger partial charge is 0.508 e. The van der Waals surface area contributed by atoms with E-state index in [4.69, 9.17) is 4.74 Å². The number of aromatic hydroxyl groups is 5. The lowest BCUT2D eigenvalue weighted by Gasteiger charge is -2.36. The number of hydrogen-bond donors (Lipinski definition) is 6. The van der Waals surface area contributed by atoms with Crippen LogP contribution in [0.1, 0.15) is 41.3 Å². The van der Waals surface area contributed by atoms with Crippen LogP contribution in [0.3, 0.4) is 0 Å². The Morgan fingerprint density at radius 1 is 0.897 bits per heavy atom. The van der Waals surface area contributed by atoms with E-state index >= 15 is 0 Å². The van der Waals surface area contributed by atoms with Crippen LogP contribution < -0.4 is 9.64 Å². The fourth-order valence-corrected chi connectivity index (χ4v) is 3.97. The minimum Gasteiger partial charge on any atom is -0.508 e. The molecule has 0 unspecified atom stereocenters. The van der Waals surface area contributed by atoms with E-state index in [1.54, 1.807) is 4.90 Å². The molecule has 1 saturated heterocycles. The van der Waals surface area contributed by atoms with Crippen LogP contribution >= 0.6 is 0 Å². The predicted octanol–water partition coefficient (Wildman–Crippen LogP) is 1.88. The molecule has 2 atom stereocenters. The van der Waals surface area contributed by atoms with Crippen molar-refractivity contribution in [2.24, 2.45) is 0 Å². The zero-order chi connectivity index (χ0) is 20.9. The molecule has 4 rings (SSSR count). The number of aliphatic hydroxyl groups is 1. The third-order valence-electron chi connectivity index (χ3n) is 5.36. The maximum atomic E-state index is 12.7. The summed E-state index contributed by atoms with van der Waals surface area (Å²) in [6.45, 7) is 1.14. The average molecular weight is 403 g/mol. The molecule has 154 valence electrons. The van der Waals surface area contributed by atoms with Crippen molar-refractivity contribution in [3.05, 3.63) is 29.3 Å². The lowest BCUT2D eigenvalue weighted by molar-refractivity contribution is 0.0210. The summed E-state index contributed by atoms with van der Waals surface area (Å²) < 4.78 is 5.72. The number of ketones is 1. The molecule has 29 heavy (non-hydrogen) atoms. The number of Topliss-reactive ketones (excluding diaryl/α,β-unsaturated/α-hetero) is 1. The Kier molecular flexibility index (Phi) is 4.54. The summed E-state index contributed by atoms with van der Waals surface area (Å²) in [7, 11) is 0. The van der Waals surface area contributed by atoms with Crippen molar-refractivity contribution in [2.75, 3.05) is 18.0 Å². The van der Waals surface area contributed by atoms with Crippen LogP contribution in [0, 0.1) is 0 Å². The third kappa shape index (κ3) is 3.03. The minimum atomic E-state index is -1.75. The van der Waals surface area contributed by atoms with E-state index in [1.807, 2.05) is 0 Å². The zero-order valence-corrected chi connectivity index (χ0v) is 15.4. The summed E-state index contributed by atoms with van der Waals surface area (Å²) in [5.41, 5.74) is -0.00278. The maximum absolute atomic E-state index is 12.7. The highest BCUT2D eigenvalue weighted by atomic mass is 16.5. The van der Waals surface area contributed by atoms with Gasteiger partial charge in [-0.2, -0.15) is 0 Å². The molecule has 2 heterocycles. The van der Waals surface area contributed by atoms with Crippen LogP contribution in [0.15, 0.2) is 18.2 Å². The van der Waals surface area contributed by atoms with Gasteiger partial charge in [0.2, 0.25) is 11.5 Å². The Labute approximate surface area is 165 Å². The fourth-order valence-electron chi connectivity index (χ4n) is 3.97. The predicted molar refractivity (Wildman–Crippen MR) is 101 cm³/mol. The molecular weight excluding hydrogens is 382 g/mol. The van der Waals surface area contributed by atoms with Crippen LogP contribution in [0.5, 0.6) is 34.5 Å². The standard InChI is InChI=1S/C20H21NO8/c22-9-6-11(23)14-13(7-9)29-20(19(28)17(14)26)10-8-12(24)16(25)18(27)15(10)21-4-2-1-3-5-21/h6-8,19-20,22-25,27-28H,1-5H2/t19-,20+/m0/s1. The van der Waals surface area contributed by atoms with Crippen molar-refractivity contribution < 1.29 is 40.2 Å². The summed E-state index contributed by atoms with van der Waals surface area (Å²) in [6.07, 6.45) is -0.393. The molecule has 2 aliphatic heterocycles. The van der Waals surface area contributed by atoms with Gasteiger partial charge in [0, 0.05) is 30.8 Å². The van der Waals surface area contributed by atoms with Gasteiger partial charge in [0.15, 0.2) is 23.7 Å². The summed E-state index contributed by atoms with van der Waals surface area (Å²) in [5, 5.41) is 60.9. The van der Waals surface area contributed by atoms with Crippen molar-refractivity contribution in [1.82, 2.24) is 0 Å². The Balaban J connectivity index is 1.87. The van der Waals surface area contributed by atoms with Gasteiger partial charge in [0.25, 0.3) is 0 Å². The molecule has 9 nitrogen and oxygen atoms in total.